The molecule has 12 heteroatoms. The Bertz CT molecular complexity index is 1320. The van der Waals surface area contributed by atoms with Gasteiger partial charge in [0.05, 0.1) is 29.4 Å². The van der Waals surface area contributed by atoms with E-state index in [4.69, 9.17) is 28.2 Å². The van der Waals surface area contributed by atoms with Crippen LogP contribution in [0.2, 0.25) is 0 Å². The second kappa shape index (κ2) is 20.9. The predicted octanol–water partition coefficient (Wildman–Crippen LogP) is 9.21. The van der Waals surface area contributed by atoms with E-state index >= 15 is 0 Å². The fourth-order valence-electron chi connectivity index (χ4n) is 5.05. The van der Waals surface area contributed by atoms with Crippen LogP contribution in [0.15, 0.2) is 48.5 Å². The highest BCUT2D eigenvalue weighted by atomic mass is 31.1. The van der Waals surface area contributed by atoms with Crippen molar-refractivity contribution in [1.29, 1.82) is 0 Å². The molecule has 0 bridgehead atoms. The smallest absolute Gasteiger partial charge is 0.444 e. The molecule has 0 radical (unpaired) electrons. The van der Waals surface area contributed by atoms with Crippen LogP contribution in [0.25, 0.3) is 0 Å². The van der Waals surface area contributed by atoms with Gasteiger partial charge in [-0.2, -0.15) is 4.52 Å². The Morgan fingerprint density at radius 2 is 1.43 bits per heavy atom. The van der Waals surface area contributed by atoms with Crippen LogP contribution >= 0.6 is 8.69 Å². The van der Waals surface area contributed by atoms with E-state index in [1.165, 1.54) is 22.6 Å². The van der Waals surface area contributed by atoms with Gasteiger partial charge >= 0.3 is 20.9 Å². The van der Waals surface area contributed by atoms with Gasteiger partial charge in [0.15, 0.2) is 6.29 Å². The molecule has 0 heterocycles. The first-order valence-electron chi connectivity index (χ1n) is 17.8. The van der Waals surface area contributed by atoms with Gasteiger partial charge in [0, 0.05) is 19.8 Å². The van der Waals surface area contributed by atoms with Gasteiger partial charge in [-0.15, -0.1) is 0 Å². The number of benzene rings is 2. The second-order valence-electron chi connectivity index (χ2n) is 15.5. The number of hydrogen-bond acceptors (Lipinski definition) is 10. The molecular formula is C39H60NO10P. The third-order valence-corrected chi connectivity index (χ3v) is 7.45. The Labute approximate surface area is 306 Å². The molecule has 11 nitrogen and oxygen atoms in total. The van der Waals surface area contributed by atoms with Crippen molar-refractivity contribution in [2.75, 3.05) is 26.3 Å². The van der Waals surface area contributed by atoms with E-state index in [2.05, 4.69) is 24.3 Å². The van der Waals surface area contributed by atoms with Crippen molar-refractivity contribution in [3.63, 3.8) is 0 Å². The van der Waals surface area contributed by atoms with Crippen molar-refractivity contribution in [3.05, 3.63) is 65.2 Å². The molecule has 1 atom stereocenters. The SMILES string of the molecule is CC(C)(C)OC(=O)N(CCCCCCOCCCCc1ccccc1)CC(O)c1ccc(OC(OP=O)(OC(C)(C)C)OC(C)(C)C)c(C=O)c1. The molecule has 286 valence electrons. The van der Waals surface area contributed by atoms with E-state index in [9.17, 15) is 19.3 Å². The highest BCUT2D eigenvalue weighted by molar-refractivity contribution is 7.17. The van der Waals surface area contributed by atoms with Gasteiger partial charge in [0.2, 0.25) is 0 Å². The number of unbranched alkanes of at least 4 members (excludes halogenated alkanes) is 4. The van der Waals surface area contributed by atoms with Gasteiger partial charge in [-0.3, -0.25) is 14.3 Å². The molecule has 0 aromatic heterocycles. The van der Waals surface area contributed by atoms with Crippen LogP contribution in [0.3, 0.4) is 0 Å². The van der Waals surface area contributed by atoms with E-state index in [-0.39, 0.29) is 17.9 Å². The van der Waals surface area contributed by atoms with Crippen molar-refractivity contribution in [1.82, 2.24) is 4.90 Å². The summed E-state index contributed by atoms with van der Waals surface area (Å²) in [4.78, 5) is 26.9. The summed E-state index contributed by atoms with van der Waals surface area (Å²) in [6.45, 7) is 17.6. The maximum Gasteiger partial charge on any atom is 0.472 e. The molecule has 0 saturated heterocycles. The van der Waals surface area contributed by atoms with Crippen LogP contribution < -0.4 is 4.74 Å². The van der Waals surface area contributed by atoms with Gasteiger partial charge in [-0.25, -0.2) is 9.36 Å². The first-order valence-corrected chi connectivity index (χ1v) is 18.6. The first kappa shape index (κ1) is 44.2. The second-order valence-corrected chi connectivity index (χ2v) is 15.9. The first-order chi connectivity index (χ1) is 23.9. The number of aliphatic hydroxyl groups is 1. The molecule has 2 rings (SSSR count). The average Bonchev–Trinajstić information content (AvgIpc) is 3.01. The zero-order valence-corrected chi connectivity index (χ0v) is 33.0. The van der Waals surface area contributed by atoms with Crippen molar-refractivity contribution < 1.29 is 47.5 Å². The minimum atomic E-state index is -2.26. The molecule has 51 heavy (non-hydrogen) atoms. The lowest BCUT2D eigenvalue weighted by molar-refractivity contribution is -0.478. The van der Waals surface area contributed by atoms with Crippen molar-refractivity contribution >= 4 is 21.1 Å². The van der Waals surface area contributed by atoms with Gasteiger partial charge in [0.1, 0.15) is 11.4 Å². The Kier molecular flexibility index (Phi) is 18.2. The van der Waals surface area contributed by atoms with Gasteiger partial charge in [0.25, 0.3) is 0 Å². The Morgan fingerprint density at radius 3 is 2.00 bits per heavy atom. The molecule has 2 aromatic carbocycles. The van der Waals surface area contributed by atoms with Gasteiger partial charge < -0.3 is 24.2 Å². The van der Waals surface area contributed by atoms with Crippen LogP contribution in [0.4, 0.5) is 4.79 Å². The fraction of sp³-hybridized carbons (Fsp3) is 0.641. The van der Waals surface area contributed by atoms with Crippen molar-refractivity contribution in [3.8, 4) is 5.75 Å². The number of carbonyl (C=O) groups is 2. The molecule has 0 aliphatic heterocycles. The Balaban J connectivity index is 2.01. The maximum atomic E-state index is 13.2. The quantitative estimate of drug-likeness (QED) is 0.0541. The normalized spacial score (nSPS) is 13.2. The summed E-state index contributed by atoms with van der Waals surface area (Å²) in [5.74, 6) is 0.0123. The molecule has 0 spiro atoms. The Morgan fingerprint density at radius 1 is 0.824 bits per heavy atom. The number of rotatable bonds is 22. The molecule has 1 amide bonds. The van der Waals surface area contributed by atoms with Crippen molar-refractivity contribution in [2.24, 2.45) is 0 Å². The molecule has 2 aromatic rings. The molecule has 0 aliphatic rings. The summed E-state index contributed by atoms with van der Waals surface area (Å²) in [5, 5.41) is 11.3. The lowest BCUT2D eigenvalue weighted by Crippen LogP contribution is -2.51. The maximum absolute atomic E-state index is 13.2. The highest BCUT2D eigenvalue weighted by Gasteiger charge is 2.46. The number of aldehydes is 1. The van der Waals surface area contributed by atoms with Crippen LogP contribution in [0, 0.1) is 0 Å². The van der Waals surface area contributed by atoms with Gasteiger partial charge in [-0.1, -0.05) is 49.2 Å². The summed E-state index contributed by atoms with van der Waals surface area (Å²) >= 11 is 0. The number of amides is 1. The molecule has 0 aliphatic carbocycles. The molecule has 1 N–H and O–H groups in total. The van der Waals surface area contributed by atoms with Crippen molar-refractivity contribution in [2.45, 2.75) is 136 Å². The van der Waals surface area contributed by atoms with Crippen LogP contribution in [-0.4, -0.2) is 71.7 Å². The zero-order chi connectivity index (χ0) is 38.1. The number of aliphatic hydroxyl groups excluding tert-OH is 1. The number of nitrogens with zero attached hydrogens (tertiary/aromatic N) is 1. The summed E-state index contributed by atoms with van der Waals surface area (Å²) in [7, 11) is -0.776. The lowest BCUT2D eigenvalue weighted by Gasteiger charge is -2.39. The zero-order valence-electron chi connectivity index (χ0n) is 32.1. The van der Waals surface area contributed by atoms with E-state index in [1.807, 2.05) is 6.07 Å². The summed E-state index contributed by atoms with van der Waals surface area (Å²) in [6, 6.07) is 14.9. The third-order valence-electron chi connectivity index (χ3n) is 7.15. The third kappa shape index (κ3) is 18.4. The van der Waals surface area contributed by atoms with E-state index in [1.54, 1.807) is 68.4 Å². The largest absolute Gasteiger partial charge is 0.472 e. The number of hydrogen-bond donors (Lipinski definition) is 1. The van der Waals surface area contributed by atoms with Crippen LogP contribution in [0.5, 0.6) is 5.75 Å². The average molecular weight is 734 g/mol. The molecule has 0 saturated carbocycles. The number of carbonyl (C=O) groups excluding carboxylic acids is 2. The van der Waals surface area contributed by atoms with E-state index < -0.39 is 43.8 Å². The minimum Gasteiger partial charge on any atom is -0.444 e. The Hall–Kier alpha value is -2.92. The van der Waals surface area contributed by atoms with Gasteiger partial charge in [-0.05, 0) is 118 Å². The predicted molar refractivity (Wildman–Crippen MR) is 197 cm³/mol. The molecule has 1 unspecified atom stereocenters. The van der Waals surface area contributed by atoms with E-state index in [0.29, 0.717) is 25.0 Å². The number of aryl methyl sites for hydroxylation is 1. The molecular weight excluding hydrogens is 673 g/mol. The fourth-order valence-corrected chi connectivity index (χ4v) is 5.25. The minimum absolute atomic E-state index is 0.0123. The monoisotopic (exact) mass is 733 g/mol. The summed E-state index contributed by atoms with van der Waals surface area (Å²) in [5.41, 5.74) is -0.669. The molecule has 0 fully saturated rings. The summed E-state index contributed by atoms with van der Waals surface area (Å²) < 4.78 is 46.3. The standard InChI is InChI=1S/C39H60NO10P/c1-36(2,3)47-35(43)40(24-16-10-11-17-25-45-26-18-15-21-30-19-13-12-14-20-30)28-33(42)31-22-23-34(32(27-31)29-41)46-39(50-51-44,48-37(4,5)6)49-38(7,8)9/h12-14,19-20,22-23,27,29,33,42H,10-11,15-18,21,24-26,28H2,1-9H3. The lowest BCUT2D eigenvalue weighted by atomic mass is 10.0. The van der Waals surface area contributed by atoms with E-state index in [0.717, 1.165) is 51.6 Å². The topological polar surface area (TPSA) is 130 Å². The van der Waals surface area contributed by atoms with Crippen LogP contribution in [0.1, 0.15) is 128 Å². The summed E-state index contributed by atoms with van der Waals surface area (Å²) in [6.07, 6.45) is 3.29. The highest BCUT2D eigenvalue weighted by Crippen LogP contribution is 2.35. The number of ether oxygens (including phenoxy) is 5. The van der Waals surface area contributed by atoms with Crippen LogP contribution in [-0.2, 0) is 34.5 Å².